The fourth-order valence-electron chi connectivity index (χ4n) is 2.52. The predicted molar refractivity (Wildman–Crippen MR) is 97.6 cm³/mol. The van der Waals surface area contributed by atoms with Crippen LogP contribution >= 0.6 is 11.6 Å². The van der Waals surface area contributed by atoms with Crippen LogP contribution in [0.1, 0.15) is 17.2 Å². The minimum absolute atomic E-state index is 0.0478. The van der Waals surface area contributed by atoms with Crippen molar-refractivity contribution >= 4 is 17.5 Å². The van der Waals surface area contributed by atoms with Gasteiger partial charge in [0, 0.05) is 0 Å². The van der Waals surface area contributed by atoms with E-state index in [2.05, 4.69) is 5.32 Å². The van der Waals surface area contributed by atoms with E-state index in [-0.39, 0.29) is 11.9 Å². The number of para-hydroxylation sites is 1. The number of hydrogen-bond acceptors (Lipinski definition) is 3. The Hall–Kier alpha value is -2.04. The molecule has 24 heavy (non-hydrogen) atoms. The lowest BCUT2D eigenvalue weighted by Crippen LogP contribution is -2.38. The fourth-order valence-corrected chi connectivity index (χ4v) is 2.71. The van der Waals surface area contributed by atoms with Gasteiger partial charge >= 0.3 is 0 Å². The third-order valence-electron chi connectivity index (χ3n) is 3.62. The summed E-state index contributed by atoms with van der Waals surface area (Å²) < 4.78 is 5.59. The maximum Gasteiger partial charge on any atom is 0.242 e. The van der Waals surface area contributed by atoms with Gasteiger partial charge in [0.15, 0.2) is 0 Å². The van der Waals surface area contributed by atoms with E-state index in [0.717, 1.165) is 11.1 Å². The molecule has 0 bridgehead atoms. The van der Waals surface area contributed by atoms with E-state index >= 15 is 0 Å². The Morgan fingerprint density at radius 2 is 1.96 bits per heavy atom. The Balaban J connectivity index is 1.91. The summed E-state index contributed by atoms with van der Waals surface area (Å²) in [5, 5.41) is 3.49. The zero-order chi connectivity index (χ0) is 17.5. The topological polar surface area (TPSA) is 41.6 Å². The van der Waals surface area contributed by atoms with Gasteiger partial charge in [-0.15, -0.1) is 0 Å². The van der Waals surface area contributed by atoms with Crippen LogP contribution in [0.15, 0.2) is 48.5 Å². The number of amides is 1. The van der Waals surface area contributed by atoms with Crippen LogP contribution in [0.5, 0.6) is 5.75 Å². The molecule has 0 saturated heterocycles. The summed E-state index contributed by atoms with van der Waals surface area (Å²) in [4.78, 5) is 14.4. The number of carbonyl (C=O) groups is 1. The summed E-state index contributed by atoms with van der Waals surface area (Å²) in [6.45, 7) is 2.80. The van der Waals surface area contributed by atoms with E-state index in [1.165, 1.54) is 0 Å². The van der Waals surface area contributed by atoms with Gasteiger partial charge < -0.3 is 10.1 Å². The van der Waals surface area contributed by atoms with Crippen molar-refractivity contribution in [2.75, 3.05) is 27.2 Å². The molecular formula is C19H23ClN2O2. The number of ether oxygens (including phenoxy) is 1. The number of nitrogens with one attached hydrogen (secondary N) is 1. The Morgan fingerprint density at radius 1 is 1.21 bits per heavy atom. The molecule has 0 unspecified atom stereocenters. The lowest BCUT2D eigenvalue weighted by molar-refractivity contribution is -0.125. The van der Waals surface area contributed by atoms with E-state index in [4.69, 9.17) is 16.3 Å². The maximum absolute atomic E-state index is 12.5. The number of rotatable bonds is 7. The third-order valence-corrected chi connectivity index (χ3v) is 3.93. The quantitative estimate of drug-likeness (QED) is 0.781. The first-order chi connectivity index (χ1) is 11.5. The summed E-state index contributed by atoms with van der Waals surface area (Å²) in [5.41, 5.74) is 2.11. The number of carbonyl (C=O) groups excluding carboxylic acids is 1. The number of halogens is 1. The normalized spacial score (nSPS) is 12.0. The van der Waals surface area contributed by atoms with Crippen molar-refractivity contribution in [3.05, 3.63) is 64.7 Å². The van der Waals surface area contributed by atoms with Gasteiger partial charge in [0.25, 0.3) is 0 Å². The van der Waals surface area contributed by atoms with E-state index < -0.39 is 0 Å². The molecule has 1 atom stereocenters. The molecule has 4 nitrogen and oxygen atoms in total. The SMILES string of the molecule is Cc1cccc([C@@H](C(=O)NCCOc2ccccc2Cl)N(C)C)c1. The van der Waals surface area contributed by atoms with E-state index in [1.807, 2.05) is 62.3 Å². The van der Waals surface area contributed by atoms with Crippen molar-refractivity contribution in [1.82, 2.24) is 10.2 Å². The second kappa shape index (κ2) is 8.71. The monoisotopic (exact) mass is 346 g/mol. The van der Waals surface area contributed by atoms with Crippen LogP contribution in [0.4, 0.5) is 0 Å². The van der Waals surface area contributed by atoms with Crippen molar-refractivity contribution < 1.29 is 9.53 Å². The first-order valence-electron chi connectivity index (χ1n) is 7.87. The summed E-state index contributed by atoms with van der Waals surface area (Å²) in [6, 6.07) is 14.9. The highest BCUT2D eigenvalue weighted by Gasteiger charge is 2.22. The largest absolute Gasteiger partial charge is 0.490 e. The van der Waals surface area contributed by atoms with Gasteiger partial charge in [-0.3, -0.25) is 9.69 Å². The molecule has 0 aliphatic carbocycles. The smallest absolute Gasteiger partial charge is 0.242 e. The van der Waals surface area contributed by atoms with Gasteiger partial charge in [-0.25, -0.2) is 0 Å². The molecule has 0 radical (unpaired) electrons. The van der Waals surface area contributed by atoms with Crippen LogP contribution in [-0.2, 0) is 4.79 Å². The van der Waals surface area contributed by atoms with Crippen LogP contribution in [0.3, 0.4) is 0 Å². The zero-order valence-corrected chi connectivity index (χ0v) is 15.0. The van der Waals surface area contributed by atoms with Gasteiger partial charge in [-0.2, -0.15) is 0 Å². The molecule has 0 aliphatic rings. The molecule has 0 spiro atoms. The standard InChI is InChI=1S/C19H23ClN2O2/c1-14-7-6-8-15(13-14)18(22(2)3)19(23)21-11-12-24-17-10-5-4-9-16(17)20/h4-10,13,18H,11-12H2,1-3H3,(H,21,23)/t18-/m0/s1. The van der Waals surface area contributed by atoms with Crippen LogP contribution in [0, 0.1) is 6.92 Å². The fraction of sp³-hybridized carbons (Fsp3) is 0.316. The van der Waals surface area contributed by atoms with Crippen molar-refractivity contribution in [2.45, 2.75) is 13.0 Å². The average Bonchev–Trinajstić information content (AvgIpc) is 2.53. The number of nitrogens with zero attached hydrogens (tertiary/aromatic N) is 1. The van der Waals surface area contributed by atoms with Gasteiger partial charge in [0.2, 0.25) is 5.91 Å². The van der Waals surface area contributed by atoms with Crippen molar-refractivity contribution in [3.8, 4) is 5.75 Å². The van der Waals surface area contributed by atoms with Gasteiger partial charge in [0.05, 0.1) is 11.6 Å². The number of aryl methyl sites for hydroxylation is 1. The van der Waals surface area contributed by atoms with Gasteiger partial charge in [-0.1, -0.05) is 53.6 Å². The maximum atomic E-state index is 12.5. The Labute approximate surface area is 148 Å². The molecule has 0 fully saturated rings. The van der Waals surface area contributed by atoms with Gasteiger partial charge in [-0.05, 0) is 38.7 Å². The molecule has 0 aromatic heterocycles. The average molecular weight is 347 g/mol. The molecule has 5 heteroatoms. The van der Waals surface area contributed by atoms with Crippen molar-refractivity contribution in [2.24, 2.45) is 0 Å². The summed E-state index contributed by atoms with van der Waals surface area (Å²) in [5.74, 6) is 0.574. The van der Waals surface area contributed by atoms with E-state index in [0.29, 0.717) is 23.9 Å². The van der Waals surface area contributed by atoms with Crippen LogP contribution in [0.25, 0.3) is 0 Å². The summed E-state index contributed by atoms with van der Waals surface area (Å²) >= 11 is 6.03. The lowest BCUT2D eigenvalue weighted by Gasteiger charge is -2.24. The van der Waals surface area contributed by atoms with Gasteiger partial charge in [0.1, 0.15) is 18.4 Å². The predicted octanol–water partition coefficient (Wildman–Crippen LogP) is 3.45. The Bertz CT molecular complexity index is 689. The molecule has 1 N–H and O–H groups in total. The van der Waals surface area contributed by atoms with Crippen LogP contribution < -0.4 is 10.1 Å². The molecule has 2 aromatic rings. The highest BCUT2D eigenvalue weighted by atomic mass is 35.5. The van der Waals surface area contributed by atoms with Crippen LogP contribution in [0.2, 0.25) is 5.02 Å². The summed E-state index contributed by atoms with van der Waals surface area (Å²) in [6.07, 6.45) is 0. The highest BCUT2D eigenvalue weighted by molar-refractivity contribution is 6.32. The Kier molecular flexibility index (Phi) is 6.64. The second-order valence-electron chi connectivity index (χ2n) is 5.85. The molecule has 128 valence electrons. The zero-order valence-electron chi connectivity index (χ0n) is 14.3. The molecule has 0 aliphatic heterocycles. The van der Waals surface area contributed by atoms with E-state index in [1.54, 1.807) is 12.1 Å². The minimum Gasteiger partial charge on any atom is -0.490 e. The minimum atomic E-state index is -0.329. The Morgan fingerprint density at radius 3 is 2.62 bits per heavy atom. The molecular weight excluding hydrogens is 324 g/mol. The third kappa shape index (κ3) is 4.98. The molecule has 2 aromatic carbocycles. The van der Waals surface area contributed by atoms with Crippen LogP contribution in [-0.4, -0.2) is 38.1 Å². The highest BCUT2D eigenvalue weighted by Crippen LogP contribution is 2.23. The summed E-state index contributed by atoms with van der Waals surface area (Å²) in [7, 11) is 3.79. The van der Waals surface area contributed by atoms with Crippen molar-refractivity contribution in [3.63, 3.8) is 0 Å². The molecule has 1 amide bonds. The lowest BCUT2D eigenvalue weighted by atomic mass is 10.0. The number of likely N-dealkylation sites (N-methyl/N-ethyl adjacent to an activating group) is 1. The number of hydrogen-bond donors (Lipinski definition) is 1. The first-order valence-corrected chi connectivity index (χ1v) is 8.25. The van der Waals surface area contributed by atoms with E-state index in [9.17, 15) is 4.79 Å². The first kappa shape index (κ1) is 18.3. The second-order valence-corrected chi connectivity index (χ2v) is 6.26. The molecule has 2 rings (SSSR count). The molecule has 0 heterocycles. The number of benzene rings is 2. The molecule has 0 saturated carbocycles. The van der Waals surface area contributed by atoms with Crippen molar-refractivity contribution in [1.29, 1.82) is 0 Å².